The summed E-state index contributed by atoms with van der Waals surface area (Å²) in [7, 11) is 0. The summed E-state index contributed by atoms with van der Waals surface area (Å²) in [6, 6.07) is 7.95. The number of rotatable bonds is 7. The van der Waals surface area contributed by atoms with Crippen molar-refractivity contribution in [2.45, 2.75) is 51.9 Å². The van der Waals surface area contributed by atoms with Crippen molar-refractivity contribution >= 4 is 5.91 Å². The highest BCUT2D eigenvalue weighted by atomic mass is 16.5. The fourth-order valence-corrected chi connectivity index (χ4v) is 2.66. The molecule has 1 aliphatic carbocycles. The molecule has 120 valence electrons. The van der Waals surface area contributed by atoms with E-state index in [4.69, 9.17) is 4.74 Å². The Morgan fingerprint density at radius 2 is 2.18 bits per heavy atom. The lowest BCUT2D eigenvalue weighted by atomic mass is 9.97. The third kappa shape index (κ3) is 5.55. The summed E-state index contributed by atoms with van der Waals surface area (Å²) >= 11 is 0. The van der Waals surface area contributed by atoms with E-state index in [1.165, 1.54) is 36.8 Å². The van der Waals surface area contributed by atoms with E-state index in [1.807, 2.05) is 18.2 Å². The van der Waals surface area contributed by atoms with Gasteiger partial charge >= 0.3 is 0 Å². The molecule has 0 heterocycles. The molecule has 1 aromatic carbocycles. The van der Waals surface area contributed by atoms with Gasteiger partial charge in [-0.2, -0.15) is 0 Å². The molecule has 0 saturated carbocycles. The van der Waals surface area contributed by atoms with Gasteiger partial charge in [-0.25, -0.2) is 0 Å². The molecule has 0 aliphatic heterocycles. The molecule has 1 N–H and O–H groups in total. The van der Waals surface area contributed by atoms with Crippen molar-refractivity contribution in [3.63, 3.8) is 0 Å². The van der Waals surface area contributed by atoms with Gasteiger partial charge in [0.25, 0.3) is 5.91 Å². The Morgan fingerprint density at radius 3 is 2.91 bits per heavy atom. The van der Waals surface area contributed by atoms with Gasteiger partial charge in [-0.1, -0.05) is 37.6 Å². The molecular formula is C19H27NO2. The van der Waals surface area contributed by atoms with Crippen LogP contribution in [-0.4, -0.2) is 19.1 Å². The molecule has 3 nitrogen and oxygen atoms in total. The van der Waals surface area contributed by atoms with Gasteiger partial charge in [-0.15, -0.1) is 0 Å². The highest BCUT2D eigenvalue weighted by molar-refractivity contribution is 5.77. The standard InChI is InChI=1S/C19H27NO2/c1-15(2)17-9-6-10-18(13-17)22-14-19(21)20-12-11-16-7-4-3-5-8-16/h6-7,9-10,13,15H,3-5,8,11-12,14H2,1-2H3,(H,20,21). The molecule has 0 radical (unpaired) electrons. The molecule has 1 aromatic rings. The van der Waals surface area contributed by atoms with E-state index in [0.717, 1.165) is 12.2 Å². The number of carbonyl (C=O) groups excluding carboxylic acids is 1. The van der Waals surface area contributed by atoms with Gasteiger partial charge in [0.15, 0.2) is 6.61 Å². The van der Waals surface area contributed by atoms with Gasteiger partial charge in [-0.3, -0.25) is 4.79 Å². The summed E-state index contributed by atoms with van der Waals surface area (Å²) in [5.74, 6) is 1.17. The maximum atomic E-state index is 11.8. The zero-order valence-corrected chi connectivity index (χ0v) is 13.7. The second kappa shape index (κ2) is 8.62. The summed E-state index contributed by atoms with van der Waals surface area (Å²) in [6.45, 7) is 5.08. The van der Waals surface area contributed by atoms with Gasteiger partial charge in [0, 0.05) is 6.54 Å². The van der Waals surface area contributed by atoms with E-state index in [1.54, 1.807) is 0 Å². The lowest BCUT2D eigenvalue weighted by Gasteiger charge is -2.13. The molecule has 2 rings (SSSR count). The molecule has 22 heavy (non-hydrogen) atoms. The number of benzene rings is 1. The normalized spacial score (nSPS) is 14.6. The summed E-state index contributed by atoms with van der Waals surface area (Å²) in [5, 5.41) is 2.93. The smallest absolute Gasteiger partial charge is 0.257 e. The highest BCUT2D eigenvalue weighted by Crippen LogP contribution is 2.20. The summed E-state index contributed by atoms with van der Waals surface area (Å²) < 4.78 is 5.57. The monoisotopic (exact) mass is 301 g/mol. The topological polar surface area (TPSA) is 38.3 Å². The van der Waals surface area contributed by atoms with Crippen LogP contribution in [0.25, 0.3) is 0 Å². The Morgan fingerprint density at radius 1 is 1.32 bits per heavy atom. The molecule has 0 unspecified atom stereocenters. The lowest BCUT2D eigenvalue weighted by molar-refractivity contribution is -0.123. The number of carbonyl (C=O) groups is 1. The molecular weight excluding hydrogens is 274 g/mol. The van der Waals surface area contributed by atoms with Crippen molar-refractivity contribution in [1.82, 2.24) is 5.32 Å². The largest absolute Gasteiger partial charge is 0.484 e. The first-order chi connectivity index (χ1) is 10.6. The van der Waals surface area contributed by atoms with Gasteiger partial charge in [0.1, 0.15) is 5.75 Å². The van der Waals surface area contributed by atoms with Crippen LogP contribution < -0.4 is 10.1 Å². The lowest BCUT2D eigenvalue weighted by Crippen LogP contribution is -2.30. The average molecular weight is 301 g/mol. The summed E-state index contributed by atoms with van der Waals surface area (Å²) in [4.78, 5) is 11.8. The fourth-order valence-electron chi connectivity index (χ4n) is 2.66. The van der Waals surface area contributed by atoms with Gasteiger partial charge in [0.05, 0.1) is 0 Å². The van der Waals surface area contributed by atoms with Crippen LogP contribution >= 0.6 is 0 Å². The molecule has 0 fully saturated rings. The first-order valence-corrected chi connectivity index (χ1v) is 8.32. The van der Waals surface area contributed by atoms with E-state index >= 15 is 0 Å². The molecule has 0 saturated heterocycles. The van der Waals surface area contributed by atoms with Gasteiger partial charge in [-0.05, 0) is 55.7 Å². The SMILES string of the molecule is CC(C)c1cccc(OCC(=O)NCCC2=CCCCC2)c1. The van der Waals surface area contributed by atoms with Crippen LogP contribution in [-0.2, 0) is 4.79 Å². The number of allylic oxidation sites excluding steroid dienone is 1. The predicted molar refractivity (Wildman–Crippen MR) is 90.2 cm³/mol. The minimum absolute atomic E-state index is 0.0497. The minimum atomic E-state index is -0.0497. The zero-order valence-electron chi connectivity index (χ0n) is 13.7. The molecule has 0 atom stereocenters. The Labute approximate surface area is 133 Å². The molecule has 0 spiro atoms. The number of hydrogen-bond donors (Lipinski definition) is 1. The molecule has 0 aromatic heterocycles. The summed E-state index contributed by atoms with van der Waals surface area (Å²) in [5.41, 5.74) is 2.71. The minimum Gasteiger partial charge on any atom is -0.484 e. The Bertz CT molecular complexity index is 520. The quantitative estimate of drug-likeness (QED) is 0.767. The number of nitrogens with one attached hydrogen (secondary N) is 1. The van der Waals surface area contributed by atoms with Crippen molar-refractivity contribution in [1.29, 1.82) is 0 Å². The van der Waals surface area contributed by atoms with Crippen LogP contribution in [0.1, 0.15) is 57.4 Å². The molecule has 3 heteroatoms. The Balaban J connectivity index is 1.69. The van der Waals surface area contributed by atoms with Crippen LogP contribution in [0.5, 0.6) is 5.75 Å². The Kier molecular flexibility index (Phi) is 6.50. The van der Waals surface area contributed by atoms with Gasteiger partial charge in [0.2, 0.25) is 0 Å². The van der Waals surface area contributed by atoms with Crippen LogP contribution in [0.2, 0.25) is 0 Å². The van der Waals surface area contributed by atoms with E-state index in [-0.39, 0.29) is 12.5 Å². The molecule has 0 bridgehead atoms. The van der Waals surface area contributed by atoms with Crippen molar-refractivity contribution < 1.29 is 9.53 Å². The zero-order chi connectivity index (χ0) is 15.8. The van der Waals surface area contributed by atoms with E-state index in [9.17, 15) is 4.79 Å². The Hall–Kier alpha value is -1.77. The first-order valence-electron chi connectivity index (χ1n) is 8.32. The third-order valence-corrected chi connectivity index (χ3v) is 4.05. The maximum absolute atomic E-state index is 11.8. The fraction of sp³-hybridized carbons (Fsp3) is 0.526. The van der Waals surface area contributed by atoms with E-state index in [0.29, 0.717) is 12.5 Å². The second-order valence-corrected chi connectivity index (χ2v) is 6.22. The maximum Gasteiger partial charge on any atom is 0.257 e. The van der Waals surface area contributed by atoms with Crippen LogP contribution in [0, 0.1) is 0 Å². The van der Waals surface area contributed by atoms with E-state index < -0.39 is 0 Å². The van der Waals surface area contributed by atoms with Crippen molar-refractivity contribution in [2.75, 3.05) is 13.2 Å². The number of ether oxygens (including phenoxy) is 1. The van der Waals surface area contributed by atoms with Crippen molar-refractivity contribution in [3.05, 3.63) is 41.5 Å². The molecule has 1 amide bonds. The molecule has 1 aliphatic rings. The first kappa shape index (κ1) is 16.6. The summed E-state index contributed by atoms with van der Waals surface area (Å²) in [6.07, 6.45) is 8.26. The highest BCUT2D eigenvalue weighted by Gasteiger charge is 2.06. The predicted octanol–water partition coefficient (Wildman–Crippen LogP) is 4.20. The van der Waals surface area contributed by atoms with Gasteiger partial charge < -0.3 is 10.1 Å². The van der Waals surface area contributed by atoms with Crippen molar-refractivity contribution in [2.24, 2.45) is 0 Å². The third-order valence-electron chi connectivity index (χ3n) is 4.05. The second-order valence-electron chi connectivity index (χ2n) is 6.22. The van der Waals surface area contributed by atoms with Crippen LogP contribution in [0.3, 0.4) is 0 Å². The van der Waals surface area contributed by atoms with Crippen molar-refractivity contribution in [3.8, 4) is 5.75 Å². The van der Waals surface area contributed by atoms with E-state index in [2.05, 4.69) is 31.3 Å². The number of amides is 1. The number of hydrogen-bond acceptors (Lipinski definition) is 2. The van der Waals surface area contributed by atoms with Crippen LogP contribution in [0.4, 0.5) is 0 Å². The van der Waals surface area contributed by atoms with Crippen LogP contribution in [0.15, 0.2) is 35.9 Å². The average Bonchev–Trinajstić information content (AvgIpc) is 2.54.